The van der Waals surface area contributed by atoms with Crippen molar-refractivity contribution in [2.75, 3.05) is 42.7 Å². The summed E-state index contributed by atoms with van der Waals surface area (Å²) in [5, 5.41) is 0. The third kappa shape index (κ3) is 63.7. The average Bonchev–Trinajstić information content (AvgIpc) is 2.82. The summed E-state index contributed by atoms with van der Waals surface area (Å²) in [5.74, 6) is -0.574. The van der Waals surface area contributed by atoms with Crippen LogP contribution in [0.2, 0.25) is 0 Å². The molecule has 6 nitrogen and oxygen atoms in total. The van der Waals surface area contributed by atoms with Crippen LogP contribution in [0.3, 0.4) is 0 Å². The highest BCUT2D eigenvalue weighted by molar-refractivity contribution is 5.89. The van der Waals surface area contributed by atoms with Gasteiger partial charge in [0.05, 0.1) is 25.3 Å². The Kier molecular flexibility index (Phi) is 32.6. The van der Waals surface area contributed by atoms with Crippen molar-refractivity contribution in [3.63, 3.8) is 0 Å². The standard InChI is InChI=1S/2C9H10O2.3C5H12.2C2H6O/c2*1-7-3-5-8(6-4-7)9(10)11-2;3*1-5(2,3)4;2*1-3-2/h2*3-6H,1-2H3;3*1-4H3;2*1-2H3. The third-order valence-electron chi connectivity index (χ3n) is 2.95. The Labute approximate surface area is 266 Å². The van der Waals surface area contributed by atoms with Gasteiger partial charge in [0.1, 0.15) is 0 Å². The molecule has 0 aliphatic rings. The first-order valence-electron chi connectivity index (χ1n) is 14.4. The van der Waals surface area contributed by atoms with Gasteiger partial charge in [-0.3, -0.25) is 0 Å². The Morgan fingerprint density at radius 1 is 0.419 bits per heavy atom. The molecule has 0 atom stereocenters. The topological polar surface area (TPSA) is 71.1 Å². The minimum absolute atomic E-state index is 0.287. The fraction of sp³-hybridized carbons (Fsp3) is 0.622. The van der Waals surface area contributed by atoms with E-state index >= 15 is 0 Å². The van der Waals surface area contributed by atoms with Crippen LogP contribution in [0, 0.1) is 30.1 Å². The van der Waals surface area contributed by atoms with Gasteiger partial charge in [-0.25, -0.2) is 9.59 Å². The van der Waals surface area contributed by atoms with Crippen LogP contribution in [-0.2, 0) is 18.9 Å². The van der Waals surface area contributed by atoms with Crippen LogP contribution in [0.15, 0.2) is 48.5 Å². The van der Waals surface area contributed by atoms with E-state index in [-0.39, 0.29) is 11.9 Å². The molecule has 252 valence electrons. The van der Waals surface area contributed by atoms with Gasteiger partial charge in [-0.1, -0.05) is 118 Å². The summed E-state index contributed by atoms with van der Waals surface area (Å²) in [6.45, 7) is 30.2. The van der Waals surface area contributed by atoms with Gasteiger partial charge in [0.15, 0.2) is 0 Å². The Morgan fingerprint density at radius 2 is 0.558 bits per heavy atom. The van der Waals surface area contributed by atoms with Crippen molar-refractivity contribution in [1.82, 2.24) is 0 Å². The molecule has 0 radical (unpaired) electrons. The predicted molar refractivity (Wildman–Crippen MR) is 186 cm³/mol. The fourth-order valence-corrected chi connectivity index (χ4v) is 1.61. The lowest BCUT2D eigenvalue weighted by molar-refractivity contribution is 0.0592. The van der Waals surface area contributed by atoms with E-state index in [0.29, 0.717) is 27.4 Å². The van der Waals surface area contributed by atoms with E-state index in [4.69, 9.17) is 0 Å². The lowest BCUT2D eigenvalue weighted by atomic mass is 10.0. The van der Waals surface area contributed by atoms with Crippen LogP contribution in [0.25, 0.3) is 0 Å². The number of carbonyl (C=O) groups is 2. The molecule has 0 bridgehead atoms. The Balaban J connectivity index is -0.000000140. The highest BCUT2D eigenvalue weighted by atomic mass is 16.5. The van der Waals surface area contributed by atoms with Gasteiger partial charge >= 0.3 is 11.9 Å². The molecule has 0 spiro atoms. The van der Waals surface area contributed by atoms with E-state index in [1.54, 1.807) is 52.7 Å². The SMILES string of the molecule is CC(C)(C)C.CC(C)(C)C.CC(C)(C)C.COC.COC.COC(=O)c1ccc(C)cc1.COC(=O)c1ccc(C)cc1. The molecule has 6 heteroatoms. The third-order valence-corrected chi connectivity index (χ3v) is 2.95. The summed E-state index contributed by atoms with van der Waals surface area (Å²) in [6, 6.07) is 14.5. The van der Waals surface area contributed by atoms with Crippen molar-refractivity contribution in [2.24, 2.45) is 16.2 Å². The summed E-state index contributed by atoms with van der Waals surface area (Å²) in [4.78, 5) is 21.8. The first-order valence-corrected chi connectivity index (χ1v) is 14.4. The Morgan fingerprint density at radius 3 is 0.674 bits per heavy atom. The zero-order valence-corrected chi connectivity index (χ0v) is 31.6. The summed E-state index contributed by atoms with van der Waals surface area (Å²) < 4.78 is 17.6. The number of esters is 2. The summed E-state index contributed by atoms with van der Waals surface area (Å²) in [5.41, 5.74) is 4.96. The normalized spacial score (nSPS) is 9.77. The van der Waals surface area contributed by atoms with Gasteiger partial charge in [0, 0.05) is 28.4 Å². The van der Waals surface area contributed by atoms with Crippen molar-refractivity contribution < 1.29 is 28.5 Å². The van der Waals surface area contributed by atoms with E-state index in [9.17, 15) is 9.59 Å². The summed E-state index contributed by atoms with van der Waals surface area (Å²) >= 11 is 0. The second-order valence-corrected chi connectivity index (χ2v) is 14.5. The summed E-state index contributed by atoms with van der Waals surface area (Å²) in [7, 11) is 9.25. The molecular formula is C37H68O6. The molecule has 0 unspecified atom stereocenters. The van der Waals surface area contributed by atoms with E-state index in [1.165, 1.54) is 14.2 Å². The van der Waals surface area contributed by atoms with Crippen LogP contribution in [0.4, 0.5) is 0 Å². The lowest BCUT2D eigenvalue weighted by Gasteiger charge is -2.05. The predicted octanol–water partition coefficient (Wildman–Crippen LogP) is 10.2. The number of benzene rings is 2. The Bertz CT molecular complexity index is 789. The molecule has 0 amide bonds. The van der Waals surface area contributed by atoms with E-state index < -0.39 is 0 Å². The zero-order chi connectivity index (χ0) is 35.4. The molecule has 0 aliphatic carbocycles. The van der Waals surface area contributed by atoms with Gasteiger partial charge in [-0.15, -0.1) is 0 Å². The number of aryl methyl sites for hydroxylation is 2. The number of hydrogen-bond donors (Lipinski definition) is 0. The van der Waals surface area contributed by atoms with Crippen LogP contribution in [0.5, 0.6) is 0 Å². The Hall–Kier alpha value is -2.70. The van der Waals surface area contributed by atoms with Crippen LogP contribution in [-0.4, -0.2) is 54.6 Å². The lowest BCUT2D eigenvalue weighted by Crippen LogP contribution is -2.00. The van der Waals surface area contributed by atoms with Gasteiger partial charge < -0.3 is 18.9 Å². The molecular weight excluding hydrogens is 540 g/mol. The fourth-order valence-electron chi connectivity index (χ4n) is 1.61. The maximum atomic E-state index is 10.9. The molecule has 2 aromatic carbocycles. The second kappa shape index (κ2) is 28.1. The van der Waals surface area contributed by atoms with E-state index in [2.05, 4.69) is 102 Å². The molecule has 0 saturated carbocycles. The van der Waals surface area contributed by atoms with Crippen LogP contribution >= 0.6 is 0 Å². The van der Waals surface area contributed by atoms with Gasteiger partial charge in [-0.2, -0.15) is 0 Å². The van der Waals surface area contributed by atoms with Crippen molar-refractivity contribution in [3.8, 4) is 0 Å². The average molecular weight is 609 g/mol. The number of rotatable bonds is 2. The molecule has 2 aromatic rings. The van der Waals surface area contributed by atoms with Gasteiger partial charge in [0.25, 0.3) is 0 Å². The zero-order valence-electron chi connectivity index (χ0n) is 31.6. The van der Waals surface area contributed by atoms with Crippen molar-refractivity contribution in [1.29, 1.82) is 0 Å². The number of carbonyl (C=O) groups excluding carboxylic acids is 2. The molecule has 0 saturated heterocycles. The van der Waals surface area contributed by atoms with Crippen LogP contribution in [0.1, 0.15) is 115 Å². The van der Waals surface area contributed by atoms with E-state index in [0.717, 1.165) is 11.1 Å². The maximum Gasteiger partial charge on any atom is 0.337 e. The molecule has 0 heterocycles. The highest BCUT2D eigenvalue weighted by Gasteiger charge is 2.03. The smallest absolute Gasteiger partial charge is 0.337 e. The molecule has 2 rings (SSSR count). The van der Waals surface area contributed by atoms with E-state index in [1.807, 2.05) is 38.1 Å². The van der Waals surface area contributed by atoms with Gasteiger partial charge in [0.2, 0.25) is 0 Å². The molecule has 0 aliphatic heterocycles. The monoisotopic (exact) mass is 609 g/mol. The number of hydrogen-bond acceptors (Lipinski definition) is 6. The first kappa shape index (κ1) is 50.0. The van der Waals surface area contributed by atoms with Crippen molar-refractivity contribution in [3.05, 3.63) is 70.8 Å². The number of ether oxygens (including phenoxy) is 4. The molecule has 0 N–H and O–H groups in total. The van der Waals surface area contributed by atoms with Crippen molar-refractivity contribution >= 4 is 11.9 Å². The van der Waals surface area contributed by atoms with Crippen molar-refractivity contribution in [2.45, 2.75) is 96.9 Å². The summed E-state index contributed by atoms with van der Waals surface area (Å²) in [6.07, 6.45) is 0. The first-order chi connectivity index (χ1) is 19.3. The minimum atomic E-state index is -0.287. The maximum absolute atomic E-state index is 10.9. The molecule has 0 fully saturated rings. The largest absolute Gasteiger partial charge is 0.465 e. The minimum Gasteiger partial charge on any atom is -0.465 e. The second-order valence-electron chi connectivity index (χ2n) is 14.5. The van der Waals surface area contributed by atoms with Crippen LogP contribution < -0.4 is 0 Å². The molecule has 0 aromatic heterocycles. The molecule has 43 heavy (non-hydrogen) atoms. The highest BCUT2D eigenvalue weighted by Crippen LogP contribution is 2.09. The van der Waals surface area contributed by atoms with Gasteiger partial charge in [-0.05, 0) is 54.4 Å². The quantitative estimate of drug-likeness (QED) is 0.316. The number of methoxy groups -OCH3 is 4.